The number of rotatable bonds is 10. The van der Waals surface area contributed by atoms with Gasteiger partial charge in [-0.05, 0) is 66.5 Å². The number of aryl methyl sites for hydroxylation is 2. The summed E-state index contributed by atoms with van der Waals surface area (Å²) < 4.78 is 14.1. The van der Waals surface area contributed by atoms with Crippen LogP contribution in [0, 0.1) is 12.7 Å². The van der Waals surface area contributed by atoms with Gasteiger partial charge in [-0.15, -0.1) is 6.58 Å². The number of benzene rings is 3. The van der Waals surface area contributed by atoms with Gasteiger partial charge in [-0.1, -0.05) is 73.2 Å². The summed E-state index contributed by atoms with van der Waals surface area (Å²) in [7, 11) is 0. The van der Waals surface area contributed by atoms with Crippen LogP contribution in [0.15, 0.2) is 89.6 Å². The first kappa shape index (κ1) is 22.4. The van der Waals surface area contributed by atoms with Gasteiger partial charge in [0.25, 0.3) is 0 Å². The zero-order valence-electron chi connectivity index (χ0n) is 18.1. The van der Waals surface area contributed by atoms with Crippen molar-refractivity contribution in [3.05, 3.63) is 107 Å². The summed E-state index contributed by atoms with van der Waals surface area (Å²) in [5.41, 5.74) is 5.66. The standard InChI is InChI=1S/C28H29FN2/c1-3-4-5-6-7-8-23-10-12-24(13-11-23)20-30-31-21-25-14-16-26(17-15-25)27-18-9-22(2)19-28(27)29/h3,9-21H,1,4-8H2,2H3. The van der Waals surface area contributed by atoms with Crippen LogP contribution in [0.4, 0.5) is 4.39 Å². The second kappa shape index (κ2) is 11.8. The summed E-state index contributed by atoms with van der Waals surface area (Å²) in [6.07, 6.45) is 11.3. The highest BCUT2D eigenvalue weighted by molar-refractivity contribution is 5.83. The van der Waals surface area contributed by atoms with Crippen LogP contribution in [0.5, 0.6) is 0 Å². The van der Waals surface area contributed by atoms with Gasteiger partial charge in [0.05, 0.1) is 12.4 Å². The molecule has 0 aliphatic carbocycles. The first-order valence-electron chi connectivity index (χ1n) is 10.8. The van der Waals surface area contributed by atoms with E-state index >= 15 is 0 Å². The van der Waals surface area contributed by atoms with E-state index in [1.165, 1.54) is 24.8 Å². The molecule has 0 heterocycles. The van der Waals surface area contributed by atoms with Crippen molar-refractivity contribution < 1.29 is 4.39 Å². The Bertz CT molecular complexity index is 1030. The van der Waals surface area contributed by atoms with Crippen LogP contribution in [0.2, 0.25) is 0 Å². The Kier molecular flexibility index (Phi) is 8.48. The molecule has 0 saturated heterocycles. The van der Waals surface area contributed by atoms with Gasteiger partial charge in [0.1, 0.15) is 5.82 Å². The van der Waals surface area contributed by atoms with Gasteiger partial charge in [-0.3, -0.25) is 0 Å². The number of unbranched alkanes of at least 4 members (excludes halogenated alkanes) is 3. The Balaban J connectivity index is 1.51. The zero-order valence-corrected chi connectivity index (χ0v) is 18.1. The fraction of sp³-hybridized carbons (Fsp3) is 0.214. The van der Waals surface area contributed by atoms with Crippen LogP contribution in [0.1, 0.15) is 47.9 Å². The highest BCUT2D eigenvalue weighted by Gasteiger charge is 2.04. The lowest BCUT2D eigenvalue weighted by atomic mass is 10.0. The van der Waals surface area contributed by atoms with E-state index in [-0.39, 0.29) is 5.82 Å². The average Bonchev–Trinajstić information content (AvgIpc) is 2.78. The monoisotopic (exact) mass is 412 g/mol. The molecule has 3 rings (SSSR count). The minimum absolute atomic E-state index is 0.204. The lowest BCUT2D eigenvalue weighted by Crippen LogP contribution is -1.88. The predicted molar refractivity (Wildman–Crippen MR) is 131 cm³/mol. The van der Waals surface area contributed by atoms with Crippen molar-refractivity contribution >= 4 is 12.4 Å². The second-order valence-electron chi connectivity index (χ2n) is 7.72. The summed E-state index contributed by atoms with van der Waals surface area (Å²) in [5.74, 6) is -0.204. The Morgan fingerprint density at radius 1 is 0.806 bits per heavy atom. The number of halogens is 1. The largest absolute Gasteiger partial charge is 0.206 e. The van der Waals surface area contributed by atoms with Crippen molar-refractivity contribution in [2.75, 3.05) is 0 Å². The molecule has 0 atom stereocenters. The van der Waals surface area contributed by atoms with Gasteiger partial charge in [-0.2, -0.15) is 10.2 Å². The zero-order chi connectivity index (χ0) is 21.9. The molecular weight excluding hydrogens is 383 g/mol. The predicted octanol–water partition coefficient (Wildman–Crippen LogP) is 7.54. The molecule has 0 aromatic heterocycles. The van der Waals surface area contributed by atoms with E-state index in [0.29, 0.717) is 5.56 Å². The average molecular weight is 413 g/mol. The van der Waals surface area contributed by atoms with Gasteiger partial charge in [0.15, 0.2) is 0 Å². The topological polar surface area (TPSA) is 24.7 Å². The molecule has 0 aliphatic rings. The molecule has 2 nitrogen and oxygen atoms in total. The molecule has 0 spiro atoms. The van der Waals surface area contributed by atoms with Gasteiger partial charge < -0.3 is 0 Å². The summed E-state index contributed by atoms with van der Waals surface area (Å²) >= 11 is 0. The Morgan fingerprint density at radius 3 is 2.06 bits per heavy atom. The fourth-order valence-electron chi connectivity index (χ4n) is 3.37. The molecule has 158 valence electrons. The molecular formula is C28H29FN2. The first-order valence-corrected chi connectivity index (χ1v) is 10.8. The van der Waals surface area contributed by atoms with Crippen LogP contribution in [0.3, 0.4) is 0 Å². The van der Waals surface area contributed by atoms with E-state index in [9.17, 15) is 4.39 Å². The van der Waals surface area contributed by atoms with E-state index in [2.05, 4.69) is 41.0 Å². The van der Waals surface area contributed by atoms with Crippen molar-refractivity contribution in [2.24, 2.45) is 10.2 Å². The molecule has 0 fully saturated rings. The lowest BCUT2D eigenvalue weighted by Gasteiger charge is -2.04. The highest BCUT2D eigenvalue weighted by atomic mass is 19.1. The number of hydrogen-bond donors (Lipinski definition) is 0. The molecule has 3 aromatic rings. The van der Waals surface area contributed by atoms with E-state index in [0.717, 1.165) is 35.1 Å². The molecule has 3 heteroatoms. The minimum Gasteiger partial charge on any atom is -0.206 e. The van der Waals surface area contributed by atoms with Gasteiger partial charge in [0.2, 0.25) is 0 Å². The molecule has 3 aromatic carbocycles. The summed E-state index contributed by atoms with van der Waals surface area (Å²) in [6, 6.07) is 21.4. The number of hydrogen-bond acceptors (Lipinski definition) is 2. The fourth-order valence-corrected chi connectivity index (χ4v) is 3.37. The third-order valence-corrected chi connectivity index (χ3v) is 5.18. The van der Waals surface area contributed by atoms with Gasteiger partial charge in [0, 0.05) is 5.56 Å². The van der Waals surface area contributed by atoms with Crippen LogP contribution < -0.4 is 0 Å². The Hall–Kier alpha value is -3.33. The molecule has 0 unspecified atom stereocenters. The molecule has 0 bridgehead atoms. The summed E-state index contributed by atoms with van der Waals surface area (Å²) in [5, 5.41) is 8.27. The van der Waals surface area contributed by atoms with E-state index < -0.39 is 0 Å². The van der Waals surface area contributed by atoms with Crippen molar-refractivity contribution in [1.29, 1.82) is 0 Å². The molecule has 0 saturated carbocycles. The molecule has 31 heavy (non-hydrogen) atoms. The van der Waals surface area contributed by atoms with Crippen LogP contribution in [0.25, 0.3) is 11.1 Å². The number of allylic oxidation sites excluding steroid dienone is 1. The van der Waals surface area contributed by atoms with Crippen molar-refractivity contribution in [3.63, 3.8) is 0 Å². The maximum absolute atomic E-state index is 14.1. The minimum atomic E-state index is -0.204. The Labute approximate surface area is 184 Å². The van der Waals surface area contributed by atoms with Gasteiger partial charge >= 0.3 is 0 Å². The van der Waals surface area contributed by atoms with E-state index in [1.54, 1.807) is 18.5 Å². The summed E-state index contributed by atoms with van der Waals surface area (Å²) in [4.78, 5) is 0. The van der Waals surface area contributed by atoms with E-state index in [1.807, 2.05) is 49.4 Å². The van der Waals surface area contributed by atoms with Crippen LogP contribution in [-0.2, 0) is 6.42 Å². The molecule has 0 amide bonds. The summed E-state index contributed by atoms with van der Waals surface area (Å²) in [6.45, 7) is 5.64. The molecule has 0 aliphatic heterocycles. The third-order valence-electron chi connectivity index (χ3n) is 5.18. The van der Waals surface area contributed by atoms with Crippen molar-refractivity contribution in [2.45, 2.75) is 39.0 Å². The van der Waals surface area contributed by atoms with Crippen molar-refractivity contribution in [3.8, 4) is 11.1 Å². The molecule has 0 radical (unpaired) electrons. The maximum Gasteiger partial charge on any atom is 0.131 e. The maximum atomic E-state index is 14.1. The normalized spacial score (nSPS) is 11.4. The Morgan fingerprint density at radius 2 is 1.45 bits per heavy atom. The molecule has 0 N–H and O–H groups in total. The first-order chi connectivity index (χ1) is 15.2. The van der Waals surface area contributed by atoms with Gasteiger partial charge in [-0.25, -0.2) is 4.39 Å². The smallest absolute Gasteiger partial charge is 0.131 e. The second-order valence-corrected chi connectivity index (χ2v) is 7.72. The number of nitrogens with zero attached hydrogens (tertiary/aromatic N) is 2. The SMILES string of the molecule is C=CCCCCCc1ccc(C=NN=Cc2ccc(-c3ccc(C)cc3F)cc2)cc1. The van der Waals surface area contributed by atoms with Crippen LogP contribution >= 0.6 is 0 Å². The quantitative estimate of drug-likeness (QED) is 0.142. The van der Waals surface area contributed by atoms with Crippen molar-refractivity contribution in [1.82, 2.24) is 0 Å². The third kappa shape index (κ3) is 7.14. The van der Waals surface area contributed by atoms with Crippen LogP contribution in [-0.4, -0.2) is 12.4 Å². The lowest BCUT2D eigenvalue weighted by molar-refractivity contribution is 0.630. The van der Waals surface area contributed by atoms with E-state index in [4.69, 9.17) is 0 Å². The highest BCUT2D eigenvalue weighted by Crippen LogP contribution is 2.23.